The highest BCUT2D eigenvalue weighted by atomic mass is 79.9. The summed E-state index contributed by atoms with van der Waals surface area (Å²) in [6.07, 6.45) is 1.56. The lowest BCUT2D eigenvalue weighted by atomic mass is 9.83. The number of nitrogens with zero attached hydrogens (tertiary/aromatic N) is 2. The zero-order valence-corrected chi connectivity index (χ0v) is 10.8. The molecule has 0 atom stereocenters. The first kappa shape index (κ1) is 11.8. The van der Waals surface area contributed by atoms with E-state index in [0.717, 1.165) is 0 Å². The van der Waals surface area contributed by atoms with Crippen LogP contribution >= 0.6 is 15.9 Å². The molecule has 2 rings (SSSR count). The molecule has 1 aliphatic heterocycles. The molecule has 1 saturated heterocycles. The summed E-state index contributed by atoms with van der Waals surface area (Å²) in [5.74, 6) is 0.121. The normalized spacial score (nSPS) is 18.8. The van der Waals surface area contributed by atoms with Gasteiger partial charge >= 0.3 is 0 Å². The van der Waals surface area contributed by atoms with Crippen molar-refractivity contribution in [3.8, 4) is 0 Å². The molecule has 1 aliphatic rings. The Kier molecular flexibility index (Phi) is 2.92. The monoisotopic (exact) mass is 288 g/mol. The highest BCUT2D eigenvalue weighted by Crippen LogP contribution is 2.33. The predicted octanol–water partition coefficient (Wildman–Crippen LogP) is 2.19. The minimum absolute atomic E-state index is 0.169. The van der Waals surface area contributed by atoms with Crippen LogP contribution in [-0.4, -0.2) is 28.8 Å². The molecule has 1 aromatic rings. The molecule has 16 heavy (non-hydrogen) atoms. The Balaban J connectivity index is 2.12. The van der Waals surface area contributed by atoms with Crippen LogP contribution in [0.5, 0.6) is 0 Å². The van der Waals surface area contributed by atoms with Gasteiger partial charge < -0.3 is 10.0 Å². The van der Waals surface area contributed by atoms with E-state index in [2.05, 4.69) is 20.9 Å². The van der Waals surface area contributed by atoms with Crippen molar-refractivity contribution in [3.05, 3.63) is 22.6 Å². The lowest BCUT2D eigenvalue weighted by Crippen LogP contribution is -2.65. The van der Waals surface area contributed by atoms with E-state index in [-0.39, 0.29) is 11.7 Å². The molecule has 0 bridgehead atoms. The van der Waals surface area contributed by atoms with Gasteiger partial charge in [-0.15, -0.1) is 0 Å². The quantitative estimate of drug-likeness (QED) is 0.906. The van der Waals surface area contributed by atoms with Crippen molar-refractivity contribution >= 4 is 21.7 Å². The van der Waals surface area contributed by atoms with Gasteiger partial charge in [0.2, 0.25) is 0 Å². The van der Waals surface area contributed by atoms with E-state index in [1.807, 2.05) is 13.8 Å². The molecule has 0 aromatic carbocycles. The Morgan fingerprint density at radius 2 is 2.19 bits per heavy atom. The Labute approximate surface area is 102 Å². The molecule has 88 valence electrons. The SMILES string of the molecule is CC(C)C1(O)CN(c2ncc(Br)cc2F)C1. The van der Waals surface area contributed by atoms with Crippen LogP contribution in [-0.2, 0) is 0 Å². The van der Waals surface area contributed by atoms with Gasteiger partial charge in [0.05, 0.1) is 13.1 Å². The summed E-state index contributed by atoms with van der Waals surface area (Å²) >= 11 is 3.16. The van der Waals surface area contributed by atoms with Crippen LogP contribution in [0, 0.1) is 11.7 Å². The van der Waals surface area contributed by atoms with Crippen LogP contribution < -0.4 is 4.90 Å². The third-order valence-corrected chi connectivity index (χ3v) is 3.53. The Bertz CT molecular complexity index is 405. The molecule has 0 amide bonds. The molecule has 2 heterocycles. The molecule has 1 N–H and O–H groups in total. The van der Waals surface area contributed by atoms with Crippen molar-refractivity contribution < 1.29 is 9.50 Å². The van der Waals surface area contributed by atoms with Crippen molar-refractivity contribution in [2.24, 2.45) is 5.92 Å². The van der Waals surface area contributed by atoms with E-state index >= 15 is 0 Å². The van der Waals surface area contributed by atoms with E-state index in [0.29, 0.717) is 23.4 Å². The summed E-state index contributed by atoms with van der Waals surface area (Å²) in [5.41, 5.74) is -0.707. The zero-order chi connectivity index (χ0) is 11.9. The Morgan fingerprint density at radius 3 is 2.69 bits per heavy atom. The van der Waals surface area contributed by atoms with Gasteiger partial charge in [-0.3, -0.25) is 0 Å². The standard InChI is InChI=1S/C11H14BrFN2O/c1-7(2)11(16)5-15(6-11)10-9(13)3-8(12)4-14-10/h3-4,7,16H,5-6H2,1-2H3. The largest absolute Gasteiger partial charge is 0.386 e. The molecule has 3 nitrogen and oxygen atoms in total. The lowest BCUT2D eigenvalue weighted by Gasteiger charge is -2.49. The first-order valence-electron chi connectivity index (χ1n) is 5.21. The fourth-order valence-corrected chi connectivity index (χ4v) is 2.07. The van der Waals surface area contributed by atoms with E-state index in [9.17, 15) is 9.50 Å². The summed E-state index contributed by atoms with van der Waals surface area (Å²) in [6, 6.07) is 1.38. The molecular formula is C11H14BrFN2O. The summed E-state index contributed by atoms with van der Waals surface area (Å²) in [6.45, 7) is 4.80. The summed E-state index contributed by atoms with van der Waals surface area (Å²) in [5, 5.41) is 10.1. The van der Waals surface area contributed by atoms with Crippen LogP contribution in [0.2, 0.25) is 0 Å². The number of β-amino-alcohol motifs (C(OH)–C–C–N with tert-alkyl or cyclic N) is 1. The number of aliphatic hydroxyl groups is 1. The van der Waals surface area contributed by atoms with Gasteiger partial charge in [-0.25, -0.2) is 9.37 Å². The number of aromatic nitrogens is 1. The molecule has 0 saturated carbocycles. The third kappa shape index (κ3) is 1.94. The van der Waals surface area contributed by atoms with Gasteiger partial charge in [0.1, 0.15) is 5.60 Å². The van der Waals surface area contributed by atoms with Crippen LogP contribution in [0.1, 0.15) is 13.8 Å². The smallest absolute Gasteiger partial charge is 0.166 e. The zero-order valence-electron chi connectivity index (χ0n) is 9.24. The van der Waals surface area contributed by atoms with E-state index in [1.54, 1.807) is 11.1 Å². The number of pyridine rings is 1. The van der Waals surface area contributed by atoms with Gasteiger partial charge in [-0.1, -0.05) is 13.8 Å². The second kappa shape index (κ2) is 3.96. The van der Waals surface area contributed by atoms with Crippen LogP contribution in [0.25, 0.3) is 0 Å². The van der Waals surface area contributed by atoms with Crippen molar-refractivity contribution in [3.63, 3.8) is 0 Å². The molecule has 1 fully saturated rings. The van der Waals surface area contributed by atoms with Gasteiger partial charge in [0.25, 0.3) is 0 Å². The first-order valence-corrected chi connectivity index (χ1v) is 6.00. The summed E-state index contributed by atoms with van der Waals surface area (Å²) in [7, 11) is 0. The maximum atomic E-state index is 13.6. The maximum Gasteiger partial charge on any atom is 0.166 e. The molecular weight excluding hydrogens is 275 g/mol. The van der Waals surface area contributed by atoms with Crippen LogP contribution in [0.15, 0.2) is 16.7 Å². The molecule has 5 heteroatoms. The second-order valence-corrected chi connectivity index (χ2v) is 5.49. The fourth-order valence-electron chi connectivity index (χ4n) is 1.77. The van der Waals surface area contributed by atoms with Crippen molar-refractivity contribution in [1.82, 2.24) is 4.98 Å². The van der Waals surface area contributed by atoms with Gasteiger partial charge in [0.15, 0.2) is 11.6 Å². The lowest BCUT2D eigenvalue weighted by molar-refractivity contribution is -0.0307. The van der Waals surface area contributed by atoms with E-state index in [1.165, 1.54) is 6.07 Å². The van der Waals surface area contributed by atoms with E-state index in [4.69, 9.17) is 0 Å². The summed E-state index contributed by atoms with van der Waals surface area (Å²) in [4.78, 5) is 5.77. The van der Waals surface area contributed by atoms with Crippen LogP contribution in [0.4, 0.5) is 10.2 Å². The van der Waals surface area contributed by atoms with Crippen molar-refractivity contribution in [2.75, 3.05) is 18.0 Å². The predicted molar refractivity (Wildman–Crippen MR) is 63.9 cm³/mol. The van der Waals surface area contributed by atoms with Crippen LogP contribution in [0.3, 0.4) is 0 Å². The Hall–Kier alpha value is -0.680. The van der Waals surface area contributed by atoms with Gasteiger partial charge in [0, 0.05) is 10.7 Å². The molecule has 0 unspecified atom stereocenters. The average Bonchev–Trinajstić information content (AvgIpc) is 2.13. The molecule has 0 spiro atoms. The fraction of sp³-hybridized carbons (Fsp3) is 0.545. The number of hydrogen-bond acceptors (Lipinski definition) is 3. The van der Waals surface area contributed by atoms with Crippen molar-refractivity contribution in [1.29, 1.82) is 0 Å². The second-order valence-electron chi connectivity index (χ2n) is 4.57. The maximum absolute atomic E-state index is 13.6. The molecule has 0 radical (unpaired) electrons. The molecule has 0 aliphatic carbocycles. The van der Waals surface area contributed by atoms with Crippen molar-refractivity contribution in [2.45, 2.75) is 19.4 Å². The highest BCUT2D eigenvalue weighted by Gasteiger charge is 2.44. The number of hydrogen-bond donors (Lipinski definition) is 1. The number of anilines is 1. The Morgan fingerprint density at radius 1 is 1.56 bits per heavy atom. The minimum atomic E-state index is -0.707. The highest BCUT2D eigenvalue weighted by molar-refractivity contribution is 9.10. The first-order chi connectivity index (χ1) is 7.42. The average molecular weight is 289 g/mol. The van der Waals surface area contributed by atoms with Gasteiger partial charge in [-0.2, -0.15) is 0 Å². The number of halogens is 2. The topological polar surface area (TPSA) is 36.4 Å². The van der Waals surface area contributed by atoms with E-state index < -0.39 is 5.60 Å². The van der Waals surface area contributed by atoms with Gasteiger partial charge in [-0.05, 0) is 27.9 Å². The third-order valence-electron chi connectivity index (χ3n) is 3.09. The minimum Gasteiger partial charge on any atom is -0.386 e. The number of rotatable bonds is 2. The summed E-state index contributed by atoms with van der Waals surface area (Å²) < 4.78 is 14.2. The molecule has 1 aromatic heterocycles.